The molecular weight excluding hydrogens is 383 g/mol. The van der Waals surface area contributed by atoms with Gasteiger partial charge in [0.15, 0.2) is 0 Å². The normalized spacial score (nSPS) is 17.8. The van der Waals surface area contributed by atoms with Crippen LogP contribution in [0.5, 0.6) is 0 Å². The number of carbonyl (C=O) groups is 1. The summed E-state index contributed by atoms with van der Waals surface area (Å²) >= 11 is 0. The summed E-state index contributed by atoms with van der Waals surface area (Å²) in [6, 6.07) is 11.9. The number of likely N-dealkylation sites (tertiary alicyclic amines) is 1. The monoisotopic (exact) mass is 406 g/mol. The number of benzene rings is 2. The molecule has 154 valence electrons. The molecule has 1 aromatic heterocycles. The maximum Gasteiger partial charge on any atom is 0.272 e. The zero-order valence-corrected chi connectivity index (χ0v) is 16.6. The Kier molecular flexibility index (Phi) is 4.62. The van der Waals surface area contributed by atoms with Crippen LogP contribution in [0.25, 0.3) is 10.8 Å². The van der Waals surface area contributed by atoms with Crippen LogP contribution < -0.4 is 10.9 Å². The summed E-state index contributed by atoms with van der Waals surface area (Å²) in [5, 5.41) is 11.4. The predicted molar refractivity (Wildman–Crippen MR) is 112 cm³/mol. The van der Waals surface area contributed by atoms with Crippen molar-refractivity contribution in [1.82, 2.24) is 20.4 Å². The van der Waals surface area contributed by atoms with Gasteiger partial charge in [-0.3, -0.25) is 9.59 Å². The largest absolute Gasteiger partial charge is 0.337 e. The van der Waals surface area contributed by atoms with E-state index in [0.717, 1.165) is 36.9 Å². The molecular formula is C23H23FN4O2. The molecule has 0 atom stereocenters. The van der Waals surface area contributed by atoms with Gasteiger partial charge in [0.25, 0.3) is 11.5 Å². The van der Waals surface area contributed by atoms with Gasteiger partial charge in [-0.15, -0.1) is 0 Å². The van der Waals surface area contributed by atoms with Crippen LogP contribution >= 0.6 is 0 Å². The summed E-state index contributed by atoms with van der Waals surface area (Å²) < 4.78 is 14.5. The molecule has 3 heterocycles. The molecule has 2 saturated heterocycles. The summed E-state index contributed by atoms with van der Waals surface area (Å²) in [4.78, 5) is 26.7. The molecule has 0 bridgehead atoms. The van der Waals surface area contributed by atoms with Gasteiger partial charge in [0, 0.05) is 30.3 Å². The van der Waals surface area contributed by atoms with Crippen molar-refractivity contribution in [3.63, 3.8) is 0 Å². The van der Waals surface area contributed by atoms with E-state index in [1.807, 2.05) is 12.1 Å². The minimum absolute atomic E-state index is 0.102. The summed E-state index contributed by atoms with van der Waals surface area (Å²) in [6.07, 6.45) is 2.52. The summed E-state index contributed by atoms with van der Waals surface area (Å²) in [7, 11) is 0. The third kappa shape index (κ3) is 3.29. The quantitative estimate of drug-likeness (QED) is 0.701. The molecule has 2 aromatic carbocycles. The first-order valence-corrected chi connectivity index (χ1v) is 10.3. The van der Waals surface area contributed by atoms with Gasteiger partial charge in [0.05, 0.1) is 16.6 Å². The van der Waals surface area contributed by atoms with Gasteiger partial charge in [-0.1, -0.05) is 24.3 Å². The van der Waals surface area contributed by atoms with Crippen LogP contribution in [0.4, 0.5) is 4.39 Å². The van der Waals surface area contributed by atoms with Crippen molar-refractivity contribution in [2.45, 2.75) is 19.3 Å². The standard InChI is InChI=1S/C23H23FN4O2/c24-19-6-5-15(12-20-16-3-1-2-4-17(16)21(29)27-26-20)11-18(19)22(30)28-13-23(14-28)7-9-25-10-8-23/h1-6,11,25H,7-10,12-14H2,(H,27,29). The number of amides is 1. The van der Waals surface area contributed by atoms with Crippen LogP contribution in [0.15, 0.2) is 47.3 Å². The van der Waals surface area contributed by atoms with Crippen LogP contribution in [0.1, 0.15) is 34.5 Å². The number of nitrogens with zero attached hydrogens (tertiary/aromatic N) is 2. The SMILES string of the molecule is O=C(c1cc(Cc2n[nH]c(=O)c3ccccc23)ccc1F)N1CC2(CCNCC2)C1. The number of hydrogen-bond donors (Lipinski definition) is 2. The van der Waals surface area contributed by atoms with Crippen LogP contribution in [-0.2, 0) is 6.42 Å². The number of fused-ring (bicyclic) bond motifs is 1. The fourth-order valence-corrected chi connectivity index (χ4v) is 4.70. The second-order valence-electron chi connectivity index (χ2n) is 8.45. The Morgan fingerprint density at radius 1 is 1.10 bits per heavy atom. The number of halogens is 1. The van der Waals surface area contributed by atoms with E-state index in [2.05, 4.69) is 15.5 Å². The molecule has 1 spiro atoms. The highest BCUT2D eigenvalue weighted by Gasteiger charge is 2.45. The lowest BCUT2D eigenvalue weighted by Crippen LogP contribution is -2.61. The van der Waals surface area contributed by atoms with E-state index in [1.165, 1.54) is 6.07 Å². The van der Waals surface area contributed by atoms with Gasteiger partial charge < -0.3 is 10.2 Å². The Bertz CT molecular complexity index is 1180. The van der Waals surface area contributed by atoms with Crippen molar-refractivity contribution in [2.24, 2.45) is 5.41 Å². The van der Waals surface area contributed by atoms with Crippen LogP contribution in [-0.4, -0.2) is 47.2 Å². The lowest BCUT2D eigenvalue weighted by Gasteiger charge is -2.52. The predicted octanol–water partition coefficient (Wildman–Crippen LogP) is 2.48. The zero-order chi connectivity index (χ0) is 20.7. The van der Waals surface area contributed by atoms with E-state index in [-0.39, 0.29) is 22.4 Å². The molecule has 2 N–H and O–H groups in total. The molecule has 6 nitrogen and oxygen atoms in total. The van der Waals surface area contributed by atoms with Crippen molar-refractivity contribution >= 4 is 16.7 Å². The minimum atomic E-state index is -0.505. The lowest BCUT2D eigenvalue weighted by molar-refractivity contribution is -0.0116. The third-order valence-electron chi connectivity index (χ3n) is 6.41. The van der Waals surface area contributed by atoms with Gasteiger partial charge in [-0.2, -0.15) is 5.10 Å². The van der Waals surface area contributed by atoms with Crippen molar-refractivity contribution in [1.29, 1.82) is 0 Å². The van der Waals surface area contributed by atoms with Gasteiger partial charge in [-0.25, -0.2) is 9.49 Å². The molecule has 0 radical (unpaired) electrons. The van der Waals surface area contributed by atoms with Crippen molar-refractivity contribution in [3.8, 4) is 0 Å². The Morgan fingerprint density at radius 3 is 2.60 bits per heavy atom. The maximum absolute atomic E-state index is 14.5. The van der Waals surface area contributed by atoms with Gasteiger partial charge in [0.2, 0.25) is 0 Å². The van der Waals surface area contributed by atoms with E-state index in [9.17, 15) is 14.0 Å². The second kappa shape index (κ2) is 7.32. The van der Waals surface area contributed by atoms with Crippen LogP contribution in [0, 0.1) is 11.2 Å². The molecule has 7 heteroatoms. The number of rotatable bonds is 3. The molecule has 5 rings (SSSR count). The molecule has 0 saturated carbocycles. The number of aromatic amines is 1. The second-order valence-corrected chi connectivity index (χ2v) is 8.45. The van der Waals surface area contributed by atoms with Crippen LogP contribution in [0.2, 0.25) is 0 Å². The summed E-state index contributed by atoms with van der Waals surface area (Å²) in [5.41, 5.74) is 1.53. The Balaban J connectivity index is 1.39. The average Bonchev–Trinajstić information content (AvgIpc) is 2.75. The van der Waals surface area contributed by atoms with E-state index in [1.54, 1.807) is 29.2 Å². The molecule has 2 aliphatic rings. The first-order chi connectivity index (χ1) is 14.5. The van der Waals surface area contributed by atoms with E-state index in [4.69, 9.17) is 0 Å². The zero-order valence-electron chi connectivity index (χ0n) is 16.6. The fraction of sp³-hybridized carbons (Fsp3) is 0.348. The number of hydrogen-bond acceptors (Lipinski definition) is 4. The number of piperidine rings is 1. The van der Waals surface area contributed by atoms with Crippen molar-refractivity contribution in [2.75, 3.05) is 26.2 Å². The van der Waals surface area contributed by atoms with Crippen molar-refractivity contribution < 1.29 is 9.18 Å². The summed E-state index contributed by atoms with van der Waals surface area (Å²) in [6.45, 7) is 3.35. The first kappa shape index (κ1) is 18.9. The third-order valence-corrected chi connectivity index (χ3v) is 6.41. The molecule has 3 aromatic rings. The topological polar surface area (TPSA) is 78.1 Å². The number of H-pyrrole nitrogens is 1. The maximum atomic E-state index is 14.5. The van der Waals surface area contributed by atoms with E-state index < -0.39 is 5.82 Å². The fourth-order valence-electron chi connectivity index (χ4n) is 4.70. The van der Waals surface area contributed by atoms with E-state index in [0.29, 0.717) is 30.6 Å². The Labute approximate surface area is 173 Å². The Hall–Kier alpha value is -3.06. The molecule has 30 heavy (non-hydrogen) atoms. The smallest absolute Gasteiger partial charge is 0.272 e. The highest BCUT2D eigenvalue weighted by molar-refractivity contribution is 5.95. The number of aromatic nitrogens is 2. The van der Waals surface area contributed by atoms with Crippen LogP contribution in [0.3, 0.4) is 0 Å². The number of nitrogens with one attached hydrogen (secondary N) is 2. The highest BCUT2D eigenvalue weighted by atomic mass is 19.1. The first-order valence-electron chi connectivity index (χ1n) is 10.3. The average molecular weight is 406 g/mol. The van der Waals surface area contributed by atoms with Crippen molar-refractivity contribution in [3.05, 3.63) is 75.5 Å². The highest BCUT2D eigenvalue weighted by Crippen LogP contribution is 2.39. The molecule has 2 fully saturated rings. The molecule has 0 aliphatic carbocycles. The lowest BCUT2D eigenvalue weighted by atomic mass is 9.72. The molecule has 0 unspecified atom stereocenters. The van der Waals surface area contributed by atoms with Gasteiger partial charge in [-0.05, 0) is 49.7 Å². The van der Waals surface area contributed by atoms with Gasteiger partial charge in [0.1, 0.15) is 5.82 Å². The Morgan fingerprint density at radius 2 is 1.83 bits per heavy atom. The number of carbonyl (C=O) groups excluding carboxylic acids is 1. The molecule has 2 aliphatic heterocycles. The minimum Gasteiger partial charge on any atom is -0.337 e. The molecule has 1 amide bonds. The summed E-state index contributed by atoms with van der Waals surface area (Å²) in [5.74, 6) is -0.757. The van der Waals surface area contributed by atoms with E-state index >= 15 is 0 Å². The van der Waals surface area contributed by atoms with Gasteiger partial charge >= 0.3 is 0 Å².